The molecule has 1 aromatic carbocycles. The molecule has 2 N–H and O–H groups in total. The molecule has 37 heavy (non-hydrogen) atoms. The maximum atomic E-state index is 12.8. The summed E-state index contributed by atoms with van der Waals surface area (Å²) in [5, 5.41) is 7.10. The predicted molar refractivity (Wildman–Crippen MR) is 149 cm³/mol. The van der Waals surface area contributed by atoms with E-state index < -0.39 is 0 Å². The Kier molecular flexibility index (Phi) is 7.28. The third kappa shape index (κ3) is 5.39. The van der Waals surface area contributed by atoms with Gasteiger partial charge in [0.2, 0.25) is 5.91 Å². The van der Waals surface area contributed by atoms with Gasteiger partial charge in [0.25, 0.3) is 0 Å². The van der Waals surface area contributed by atoms with Crippen LogP contribution in [0.4, 0.5) is 5.69 Å². The maximum absolute atomic E-state index is 12.8. The number of carbonyl (C=O) groups is 1. The van der Waals surface area contributed by atoms with E-state index in [1.54, 1.807) is 6.20 Å². The van der Waals surface area contributed by atoms with Gasteiger partial charge in [0.1, 0.15) is 0 Å². The van der Waals surface area contributed by atoms with Crippen molar-refractivity contribution in [2.75, 3.05) is 11.9 Å². The standard InChI is InChI=1S/C29H30N6OS/c1-20-18-24(21(2)35(20)19-22-11-15-30-16-12-22)28-27(25-10-6-7-14-31-25)33-29(37)34(28)17-13-26(36)32-23-8-4-3-5-9-23/h3-12,14-16,18,27-28H,13,17,19H2,1-2H3,(H,32,36)(H,33,37)/t27-,28-/m0/s1. The summed E-state index contributed by atoms with van der Waals surface area (Å²) in [7, 11) is 0. The van der Waals surface area contributed by atoms with Crippen LogP contribution in [0.25, 0.3) is 0 Å². The van der Waals surface area contributed by atoms with E-state index in [-0.39, 0.29) is 18.0 Å². The fourth-order valence-electron chi connectivity index (χ4n) is 4.99. The van der Waals surface area contributed by atoms with Crippen molar-refractivity contribution in [1.29, 1.82) is 0 Å². The topological polar surface area (TPSA) is 75.1 Å². The van der Waals surface area contributed by atoms with Gasteiger partial charge in [-0.1, -0.05) is 24.3 Å². The average Bonchev–Trinajstić information content (AvgIpc) is 3.39. The Balaban J connectivity index is 1.44. The molecule has 2 atom stereocenters. The van der Waals surface area contributed by atoms with Gasteiger partial charge in [-0.3, -0.25) is 14.8 Å². The van der Waals surface area contributed by atoms with Gasteiger partial charge in [0.05, 0.1) is 17.8 Å². The number of nitrogens with one attached hydrogen (secondary N) is 2. The van der Waals surface area contributed by atoms with E-state index in [1.165, 1.54) is 22.5 Å². The second kappa shape index (κ2) is 10.9. The van der Waals surface area contributed by atoms with Crippen molar-refractivity contribution in [2.45, 2.75) is 38.9 Å². The van der Waals surface area contributed by atoms with Gasteiger partial charge in [-0.2, -0.15) is 0 Å². The van der Waals surface area contributed by atoms with E-state index >= 15 is 0 Å². The number of rotatable bonds is 8. The number of nitrogens with zero attached hydrogens (tertiary/aromatic N) is 4. The van der Waals surface area contributed by atoms with Gasteiger partial charge in [-0.25, -0.2) is 0 Å². The van der Waals surface area contributed by atoms with Gasteiger partial charge in [-0.15, -0.1) is 0 Å². The summed E-state index contributed by atoms with van der Waals surface area (Å²) in [6.45, 7) is 5.54. The number of amides is 1. The molecule has 1 amide bonds. The summed E-state index contributed by atoms with van der Waals surface area (Å²) in [5.74, 6) is -0.0443. The highest BCUT2D eigenvalue weighted by Gasteiger charge is 2.41. The highest BCUT2D eigenvalue weighted by molar-refractivity contribution is 7.80. The number of hydrogen-bond acceptors (Lipinski definition) is 4. The normalized spacial score (nSPS) is 17.0. The van der Waals surface area contributed by atoms with Crippen LogP contribution in [0.5, 0.6) is 0 Å². The molecule has 4 aromatic rings. The lowest BCUT2D eigenvalue weighted by atomic mass is 9.96. The van der Waals surface area contributed by atoms with Crippen molar-refractivity contribution in [3.8, 4) is 0 Å². The highest BCUT2D eigenvalue weighted by Crippen LogP contribution is 2.41. The van der Waals surface area contributed by atoms with Gasteiger partial charge in [0, 0.05) is 55.2 Å². The molecule has 0 spiro atoms. The molecule has 1 fully saturated rings. The summed E-state index contributed by atoms with van der Waals surface area (Å²) >= 11 is 5.81. The second-order valence-corrected chi connectivity index (χ2v) is 9.64. The molecule has 1 saturated heterocycles. The molecule has 3 aromatic heterocycles. The van der Waals surface area contributed by atoms with Gasteiger partial charge in [0.15, 0.2) is 5.11 Å². The summed E-state index contributed by atoms with van der Waals surface area (Å²) in [4.78, 5) is 23.7. The Hall–Kier alpha value is -4.04. The van der Waals surface area contributed by atoms with Crippen LogP contribution in [0.1, 0.15) is 46.7 Å². The van der Waals surface area contributed by atoms with E-state index in [2.05, 4.69) is 50.0 Å². The molecular formula is C29H30N6OS. The zero-order valence-corrected chi connectivity index (χ0v) is 21.8. The third-order valence-electron chi connectivity index (χ3n) is 6.86. The van der Waals surface area contributed by atoms with Crippen LogP contribution in [-0.2, 0) is 11.3 Å². The Labute approximate surface area is 222 Å². The van der Waals surface area contributed by atoms with Crippen LogP contribution >= 0.6 is 12.2 Å². The number of pyridine rings is 2. The van der Waals surface area contributed by atoms with Crippen LogP contribution in [0.3, 0.4) is 0 Å². The number of aryl methyl sites for hydroxylation is 1. The van der Waals surface area contributed by atoms with Gasteiger partial charge >= 0.3 is 0 Å². The molecule has 0 radical (unpaired) electrons. The zero-order chi connectivity index (χ0) is 25.8. The molecule has 0 saturated carbocycles. The molecule has 1 aliphatic heterocycles. The molecule has 8 heteroatoms. The molecule has 0 bridgehead atoms. The van der Waals surface area contributed by atoms with Crippen LogP contribution < -0.4 is 10.6 Å². The average molecular weight is 511 g/mol. The van der Waals surface area contributed by atoms with E-state index in [1.807, 2.05) is 73.1 Å². The minimum absolute atomic E-state index is 0.0443. The van der Waals surface area contributed by atoms with Gasteiger partial charge in [-0.05, 0) is 79.7 Å². The number of carbonyl (C=O) groups excluding carboxylic acids is 1. The lowest BCUT2D eigenvalue weighted by Gasteiger charge is -2.28. The van der Waals surface area contributed by atoms with Crippen LogP contribution in [0, 0.1) is 13.8 Å². The Morgan fingerprint density at radius 3 is 2.51 bits per heavy atom. The quantitative estimate of drug-likeness (QED) is 0.327. The van der Waals surface area contributed by atoms with Crippen molar-refractivity contribution in [1.82, 2.24) is 24.8 Å². The van der Waals surface area contributed by atoms with E-state index in [0.717, 1.165) is 17.9 Å². The third-order valence-corrected chi connectivity index (χ3v) is 7.21. The highest BCUT2D eigenvalue weighted by atomic mass is 32.1. The Morgan fingerprint density at radius 1 is 1.03 bits per heavy atom. The number of hydrogen-bond donors (Lipinski definition) is 2. The number of thiocarbonyl (C=S) groups is 1. The molecule has 0 aliphatic carbocycles. The Morgan fingerprint density at radius 2 is 1.78 bits per heavy atom. The molecular weight excluding hydrogens is 480 g/mol. The first kappa shape index (κ1) is 24.6. The number of benzene rings is 1. The first-order valence-electron chi connectivity index (χ1n) is 12.4. The monoisotopic (exact) mass is 510 g/mol. The van der Waals surface area contributed by atoms with E-state index in [4.69, 9.17) is 12.2 Å². The van der Waals surface area contributed by atoms with E-state index in [0.29, 0.717) is 18.1 Å². The summed E-state index contributed by atoms with van der Waals surface area (Å²) in [5.41, 5.74) is 6.42. The summed E-state index contributed by atoms with van der Waals surface area (Å²) < 4.78 is 2.32. The number of aromatic nitrogens is 3. The van der Waals surface area contributed by atoms with Crippen molar-refractivity contribution in [3.63, 3.8) is 0 Å². The lowest BCUT2D eigenvalue weighted by molar-refractivity contribution is -0.116. The van der Waals surface area contributed by atoms with Crippen molar-refractivity contribution >= 4 is 28.9 Å². The SMILES string of the molecule is Cc1cc([C@H]2[C@H](c3ccccn3)NC(=S)N2CCC(=O)Nc2ccccc2)c(C)n1Cc1ccncc1. The number of anilines is 1. The van der Waals surface area contributed by atoms with Crippen LogP contribution in [-0.4, -0.2) is 37.0 Å². The van der Waals surface area contributed by atoms with Crippen molar-refractivity contribution in [2.24, 2.45) is 0 Å². The molecule has 0 unspecified atom stereocenters. The fraction of sp³-hybridized carbons (Fsp3) is 0.241. The minimum atomic E-state index is -0.124. The lowest BCUT2D eigenvalue weighted by Crippen LogP contribution is -2.32. The number of para-hydroxylation sites is 1. The van der Waals surface area contributed by atoms with Crippen molar-refractivity contribution < 1.29 is 4.79 Å². The first-order valence-corrected chi connectivity index (χ1v) is 12.8. The smallest absolute Gasteiger partial charge is 0.226 e. The van der Waals surface area contributed by atoms with Crippen LogP contribution in [0.15, 0.2) is 85.3 Å². The predicted octanol–water partition coefficient (Wildman–Crippen LogP) is 4.94. The Bertz CT molecular complexity index is 1370. The summed E-state index contributed by atoms with van der Waals surface area (Å²) in [6, 6.07) is 21.5. The largest absolute Gasteiger partial charge is 0.352 e. The molecule has 5 rings (SSSR count). The molecule has 7 nitrogen and oxygen atoms in total. The van der Waals surface area contributed by atoms with Gasteiger partial charge < -0.3 is 20.1 Å². The fourth-order valence-corrected chi connectivity index (χ4v) is 5.32. The molecule has 4 heterocycles. The zero-order valence-electron chi connectivity index (χ0n) is 21.0. The molecule has 1 aliphatic rings. The summed E-state index contributed by atoms with van der Waals surface area (Å²) in [6.07, 6.45) is 5.77. The van der Waals surface area contributed by atoms with E-state index in [9.17, 15) is 4.79 Å². The first-order chi connectivity index (χ1) is 18.0. The molecule has 188 valence electrons. The van der Waals surface area contributed by atoms with Crippen molar-refractivity contribution in [3.05, 3.63) is 114 Å². The maximum Gasteiger partial charge on any atom is 0.226 e. The second-order valence-electron chi connectivity index (χ2n) is 9.25. The minimum Gasteiger partial charge on any atom is -0.352 e. The van der Waals surface area contributed by atoms with Crippen LogP contribution in [0.2, 0.25) is 0 Å².